The molecule has 2 aromatic rings. The van der Waals surface area contributed by atoms with Crippen molar-refractivity contribution in [2.45, 2.75) is 13.1 Å². The molecule has 0 aliphatic rings. The van der Waals surface area contributed by atoms with Gasteiger partial charge in [0.05, 0.1) is 18.1 Å². The van der Waals surface area contributed by atoms with Crippen molar-refractivity contribution in [3.63, 3.8) is 0 Å². The summed E-state index contributed by atoms with van der Waals surface area (Å²) in [7, 11) is 1.60. The molecule has 0 atom stereocenters. The van der Waals surface area contributed by atoms with Crippen molar-refractivity contribution in [3.8, 4) is 5.88 Å². The Balaban J connectivity index is 1.84. The van der Waals surface area contributed by atoms with E-state index < -0.39 is 0 Å². The minimum absolute atomic E-state index is 0.623. The van der Waals surface area contributed by atoms with Gasteiger partial charge in [0.2, 0.25) is 5.88 Å². The second kappa shape index (κ2) is 6.36. The summed E-state index contributed by atoms with van der Waals surface area (Å²) in [6, 6.07) is 5.76. The number of ether oxygens (including phenoxy) is 1. The molecule has 18 heavy (non-hydrogen) atoms. The van der Waals surface area contributed by atoms with Gasteiger partial charge in [-0.25, -0.2) is 4.98 Å². The number of pyridine rings is 1. The molecule has 0 aliphatic heterocycles. The van der Waals surface area contributed by atoms with E-state index >= 15 is 0 Å². The molecular formula is C12H12Br2N2O2. The number of aromatic nitrogens is 1. The van der Waals surface area contributed by atoms with Crippen LogP contribution in [0.1, 0.15) is 11.3 Å². The summed E-state index contributed by atoms with van der Waals surface area (Å²) in [6.45, 7) is 1.39. The molecule has 96 valence electrons. The van der Waals surface area contributed by atoms with Crippen LogP contribution < -0.4 is 10.1 Å². The molecule has 0 aliphatic carbocycles. The number of hydrogen-bond donors (Lipinski definition) is 1. The molecule has 2 rings (SSSR count). The van der Waals surface area contributed by atoms with Gasteiger partial charge in [0, 0.05) is 18.8 Å². The van der Waals surface area contributed by atoms with Gasteiger partial charge in [-0.1, -0.05) is 6.07 Å². The highest BCUT2D eigenvalue weighted by atomic mass is 79.9. The highest BCUT2D eigenvalue weighted by Gasteiger charge is 2.05. The van der Waals surface area contributed by atoms with Crippen molar-refractivity contribution < 1.29 is 9.15 Å². The number of furan rings is 1. The largest absolute Gasteiger partial charge is 0.481 e. The quantitative estimate of drug-likeness (QED) is 0.868. The lowest BCUT2D eigenvalue weighted by molar-refractivity contribution is 0.397. The third-order valence-corrected chi connectivity index (χ3v) is 4.04. The summed E-state index contributed by atoms with van der Waals surface area (Å²) < 4.78 is 12.1. The predicted molar refractivity (Wildman–Crippen MR) is 75.4 cm³/mol. The van der Waals surface area contributed by atoms with Gasteiger partial charge in [-0.3, -0.25) is 0 Å². The molecular weight excluding hydrogens is 364 g/mol. The lowest BCUT2D eigenvalue weighted by Gasteiger charge is -2.03. The fourth-order valence-electron chi connectivity index (χ4n) is 1.44. The molecule has 1 N–H and O–H groups in total. The van der Waals surface area contributed by atoms with E-state index in [0.717, 1.165) is 22.3 Å². The first-order chi connectivity index (χ1) is 8.69. The van der Waals surface area contributed by atoms with Crippen molar-refractivity contribution >= 4 is 31.9 Å². The predicted octanol–water partition coefficient (Wildman–Crippen LogP) is 3.50. The SMILES string of the molecule is COc1ccc(CNCc2cc(Br)c(Br)o2)cn1. The maximum absolute atomic E-state index is 5.46. The fraction of sp³-hybridized carbons (Fsp3) is 0.250. The maximum atomic E-state index is 5.46. The highest BCUT2D eigenvalue weighted by Crippen LogP contribution is 2.26. The fourth-order valence-corrected chi connectivity index (χ4v) is 2.10. The van der Waals surface area contributed by atoms with E-state index in [-0.39, 0.29) is 0 Å². The van der Waals surface area contributed by atoms with Gasteiger partial charge >= 0.3 is 0 Å². The lowest BCUT2D eigenvalue weighted by atomic mass is 10.3. The molecule has 0 radical (unpaired) electrons. The molecule has 0 unspecified atom stereocenters. The van der Waals surface area contributed by atoms with Crippen LogP contribution in [0, 0.1) is 0 Å². The Morgan fingerprint density at radius 3 is 2.72 bits per heavy atom. The van der Waals surface area contributed by atoms with Crippen molar-refractivity contribution in [2.75, 3.05) is 7.11 Å². The first kappa shape index (κ1) is 13.6. The number of hydrogen-bond acceptors (Lipinski definition) is 4. The standard InChI is InChI=1S/C12H12Br2N2O2/c1-17-11-3-2-8(6-16-11)5-15-7-9-4-10(13)12(14)18-9/h2-4,6,15H,5,7H2,1H3. The molecule has 0 fully saturated rings. The summed E-state index contributed by atoms with van der Waals surface area (Å²) in [6.07, 6.45) is 1.79. The normalized spacial score (nSPS) is 10.6. The van der Waals surface area contributed by atoms with Crippen LogP contribution >= 0.6 is 31.9 Å². The zero-order chi connectivity index (χ0) is 13.0. The van der Waals surface area contributed by atoms with E-state index in [2.05, 4.69) is 42.2 Å². The average Bonchev–Trinajstić information content (AvgIpc) is 2.69. The van der Waals surface area contributed by atoms with E-state index in [1.807, 2.05) is 18.2 Å². The van der Waals surface area contributed by atoms with Gasteiger partial charge < -0.3 is 14.5 Å². The Morgan fingerprint density at radius 2 is 2.17 bits per heavy atom. The number of halogens is 2. The van der Waals surface area contributed by atoms with E-state index in [1.165, 1.54) is 0 Å². The van der Waals surface area contributed by atoms with Crippen molar-refractivity contribution in [1.82, 2.24) is 10.3 Å². The summed E-state index contributed by atoms with van der Waals surface area (Å²) in [5.41, 5.74) is 1.10. The number of methoxy groups -OCH3 is 1. The molecule has 0 saturated heterocycles. The Kier molecular flexibility index (Phi) is 4.79. The van der Waals surface area contributed by atoms with Gasteiger partial charge in [0.1, 0.15) is 5.76 Å². The first-order valence-electron chi connectivity index (χ1n) is 5.32. The Bertz CT molecular complexity index is 492. The van der Waals surface area contributed by atoms with Crippen LogP contribution in [-0.4, -0.2) is 12.1 Å². The monoisotopic (exact) mass is 374 g/mol. The molecule has 0 bridgehead atoms. The Hall–Kier alpha value is -0.850. The minimum atomic E-state index is 0.623. The van der Waals surface area contributed by atoms with E-state index in [0.29, 0.717) is 17.1 Å². The van der Waals surface area contributed by atoms with Crippen LogP contribution in [0.15, 0.2) is 38.0 Å². The van der Waals surface area contributed by atoms with E-state index in [9.17, 15) is 0 Å². The van der Waals surface area contributed by atoms with Crippen LogP contribution in [0.4, 0.5) is 0 Å². The summed E-state index contributed by atoms with van der Waals surface area (Å²) in [5.74, 6) is 1.49. The van der Waals surface area contributed by atoms with Crippen LogP contribution in [0.5, 0.6) is 5.88 Å². The molecule has 2 aromatic heterocycles. The number of nitrogens with one attached hydrogen (secondary N) is 1. The second-order valence-corrected chi connectivity index (χ2v) is 5.22. The van der Waals surface area contributed by atoms with E-state index in [4.69, 9.17) is 9.15 Å². The Morgan fingerprint density at radius 1 is 1.33 bits per heavy atom. The zero-order valence-electron chi connectivity index (χ0n) is 9.74. The third-order valence-electron chi connectivity index (χ3n) is 2.33. The van der Waals surface area contributed by atoms with Crippen LogP contribution in [-0.2, 0) is 13.1 Å². The van der Waals surface area contributed by atoms with Gasteiger partial charge in [0.25, 0.3) is 0 Å². The zero-order valence-corrected chi connectivity index (χ0v) is 12.9. The van der Waals surface area contributed by atoms with Crippen molar-refractivity contribution in [1.29, 1.82) is 0 Å². The summed E-state index contributed by atoms with van der Waals surface area (Å²) >= 11 is 6.68. The maximum Gasteiger partial charge on any atom is 0.212 e. The number of nitrogens with zero attached hydrogens (tertiary/aromatic N) is 1. The van der Waals surface area contributed by atoms with Crippen LogP contribution in [0.25, 0.3) is 0 Å². The van der Waals surface area contributed by atoms with Crippen LogP contribution in [0.2, 0.25) is 0 Å². The van der Waals surface area contributed by atoms with Gasteiger partial charge in [-0.2, -0.15) is 0 Å². The van der Waals surface area contributed by atoms with Gasteiger partial charge in [-0.05, 0) is 43.5 Å². The van der Waals surface area contributed by atoms with Crippen LogP contribution in [0.3, 0.4) is 0 Å². The second-order valence-electron chi connectivity index (χ2n) is 3.65. The smallest absolute Gasteiger partial charge is 0.212 e. The number of rotatable bonds is 5. The molecule has 0 spiro atoms. The third kappa shape index (κ3) is 3.57. The van der Waals surface area contributed by atoms with Gasteiger partial charge in [0.15, 0.2) is 4.67 Å². The molecule has 6 heteroatoms. The Labute approximate surface area is 122 Å². The minimum Gasteiger partial charge on any atom is -0.481 e. The molecule has 2 heterocycles. The lowest BCUT2D eigenvalue weighted by Crippen LogP contribution is -2.12. The molecule has 0 saturated carbocycles. The molecule has 4 nitrogen and oxygen atoms in total. The highest BCUT2D eigenvalue weighted by molar-refractivity contribution is 9.13. The topological polar surface area (TPSA) is 47.3 Å². The van der Waals surface area contributed by atoms with Gasteiger partial charge in [-0.15, -0.1) is 0 Å². The summed E-state index contributed by atoms with van der Waals surface area (Å²) in [5, 5.41) is 3.28. The van der Waals surface area contributed by atoms with E-state index in [1.54, 1.807) is 13.3 Å². The van der Waals surface area contributed by atoms with Crippen molar-refractivity contribution in [3.05, 3.63) is 44.9 Å². The average molecular weight is 376 g/mol. The first-order valence-corrected chi connectivity index (χ1v) is 6.91. The van der Waals surface area contributed by atoms with Crippen molar-refractivity contribution in [2.24, 2.45) is 0 Å². The summed E-state index contributed by atoms with van der Waals surface area (Å²) in [4.78, 5) is 4.14. The molecule has 0 amide bonds. The molecule has 0 aromatic carbocycles.